The molecular formula is C22H23ClN2O4. The summed E-state index contributed by atoms with van der Waals surface area (Å²) < 4.78 is 11.5. The maximum atomic E-state index is 12.4. The minimum Gasteiger partial charge on any atom is -0.490 e. The Labute approximate surface area is 175 Å². The highest BCUT2D eigenvalue weighted by Gasteiger charge is 2.24. The van der Waals surface area contributed by atoms with E-state index in [-0.39, 0.29) is 11.8 Å². The summed E-state index contributed by atoms with van der Waals surface area (Å²) in [6.07, 6.45) is 1.13. The summed E-state index contributed by atoms with van der Waals surface area (Å²) >= 11 is 6.09. The molecule has 29 heavy (non-hydrogen) atoms. The maximum Gasteiger partial charge on any atom is 0.262 e. The average molecular weight is 415 g/mol. The van der Waals surface area contributed by atoms with Crippen LogP contribution in [0, 0.1) is 0 Å². The van der Waals surface area contributed by atoms with Gasteiger partial charge in [0, 0.05) is 35.9 Å². The van der Waals surface area contributed by atoms with Crippen LogP contribution in [-0.2, 0) is 9.59 Å². The number of anilines is 1. The Morgan fingerprint density at radius 2 is 1.97 bits per heavy atom. The summed E-state index contributed by atoms with van der Waals surface area (Å²) in [4.78, 5) is 26.0. The lowest BCUT2D eigenvalue weighted by molar-refractivity contribution is -0.135. The molecule has 0 bridgehead atoms. The smallest absolute Gasteiger partial charge is 0.262 e. The fraction of sp³-hybridized carbons (Fsp3) is 0.273. The van der Waals surface area contributed by atoms with E-state index in [4.69, 9.17) is 21.1 Å². The molecule has 3 rings (SSSR count). The molecule has 0 radical (unpaired) electrons. The Kier molecular flexibility index (Phi) is 6.13. The van der Waals surface area contributed by atoms with Gasteiger partial charge in [0.05, 0.1) is 6.61 Å². The molecule has 6 nitrogen and oxygen atoms in total. The van der Waals surface area contributed by atoms with E-state index in [0.717, 1.165) is 16.8 Å². The summed E-state index contributed by atoms with van der Waals surface area (Å²) in [7, 11) is 3.36. The van der Waals surface area contributed by atoms with Crippen molar-refractivity contribution < 1.29 is 19.1 Å². The molecule has 0 aromatic heterocycles. The third-order valence-corrected chi connectivity index (χ3v) is 4.67. The van der Waals surface area contributed by atoms with E-state index in [2.05, 4.69) is 5.32 Å². The van der Waals surface area contributed by atoms with Crippen LogP contribution in [0.1, 0.15) is 25.0 Å². The zero-order valence-corrected chi connectivity index (χ0v) is 17.5. The maximum absolute atomic E-state index is 12.4. The first-order valence-electron chi connectivity index (χ1n) is 9.27. The number of likely N-dealkylation sites (N-methyl/N-ethyl adjacent to an activating group) is 1. The van der Waals surface area contributed by atoms with E-state index in [1.807, 2.05) is 13.0 Å². The highest BCUT2D eigenvalue weighted by atomic mass is 35.5. The number of carbonyl (C=O) groups excluding carboxylic acids is 2. The zero-order valence-electron chi connectivity index (χ0n) is 16.8. The van der Waals surface area contributed by atoms with Gasteiger partial charge in [-0.15, -0.1) is 0 Å². The van der Waals surface area contributed by atoms with Gasteiger partial charge >= 0.3 is 0 Å². The summed E-state index contributed by atoms with van der Waals surface area (Å²) in [5, 5.41) is 3.39. The highest BCUT2D eigenvalue weighted by molar-refractivity contribution is 6.36. The molecule has 152 valence electrons. The van der Waals surface area contributed by atoms with Crippen molar-refractivity contribution in [2.45, 2.75) is 20.0 Å². The van der Waals surface area contributed by atoms with E-state index in [1.54, 1.807) is 57.4 Å². The van der Waals surface area contributed by atoms with Gasteiger partial charge in [-0.2, -0.15) is 0 Å². The van der Waals surface area contributed by atoms with Crippen LogP contribution in [0.25, 0.3) is 11.6 Å². The van der Waals surface area contributed by atoms with Crippen LogP contribution in [0.15, 0.2) is 36.4 Å². The lowest BCUT2D eigenvalue weighted by atomic mass is 10.0. The van der Waals surface area contributed by atoms with Crippen LogP contribution in [0.3, 0.4) is 0 Å². The van der Waals surface area contributed by atoms with Gasteiger partial charge in [-0.1, -0.05) is 17.7 Å². The number of hydrogen-bond donors (Lipinski definition) is 1. The summed E-state index contributed by atoms with van der Waals surface area (Å²) in [5.41, 5.74) is 2.78. The molecule has 1 atom stereocenters. The topological polar surface area (TPSA) is 67.9 Å². The highest BCUT2D eigenvalue weighted by Crippen LogP contribution is 2.36. The second-order valence-corrected chi connectivity index (χ2v) is 7.27. The minimum absolute atomic E-state index is 0.144. The molecule has 0 saturated heterocycles. The summed E-state index contributed by atoms with van der Waals surface area (Å²) in [6, 6.07) is 10.6. The largest absolute Gasteiger partial charge is 0.490 e. The molecule has 7 heteroatoms. The van der Waals surface area contributed by atoms with Crippen molar-refractivity contribution in [1.82, 2.24) is 4.90 Å². The predicted molar refractivity (Wildman–Crippen MR) is 114 cm³/mol. The number of nitrogens with zero attached hydrogens (tertiary/aromatic N) is 1. The van der Waals surface area contributed by atoms with Gasteiger partial charge in [-0.25, -0.2) is 0 Å². The number of benzene rings is 2. The van der Waals surface area contributed by atoms with E-state index < -0.39 is 6.10 Å². The number of halogens is 1. The van der Waals surface area contributed by atoms with Crippen molar-refractivity contribution in [2.75, 3.05) is 26.0 Å². The summed E-state index contributed by atoms with van der Waals surface area (Å²) in [5.74, 6) is 0.640. The second kappa shape index (κ2) is 8.57. The number of carbonyl (C=O) groups is 2. The molecule has 1 aliphatic rings. The third-order valence-electron chi connectivity index (χ3n) is 4.44. The Balaban J connectivity index is 1.93. The van der Waals surface area contributed by atoms with Gasteiger partial charge in [0.15, 0.2) is 17.6 Å². The van der Waals surface area contributed by atoms with Gasteiger partial charge in [0.2, 0.25) is 0 Å². The first-order valence-corrected chi connectivity index (χ1v) is 9.65. The van der Waals surface area contributed by atoms with Crippen molar-refractivity contribution in [3.05, 3.63) is 52.5 Å². The third kappa shape index (κ3) is 4.54. The van der Waals surface area contributed by atoms with Crippen molar-refractivity contribution in [3.8, 4) is 11.5 Å². The van der Waals surface area contributed by atoms with Gasteiger partial charge < -0.3 is 19.7 Å². The lowest BCUT2D eigenvalue weighted by Crippen LogP contribution is -2.35. The number of ether oxygens (including phenoxy) is 2. The van der Waals surface area contributed by atoms with E-state index in [1.165, 1.54) is 4.90 Å². The normalized spacial score (nSPS) is 14.9. The molecule has 0 spiro atoms. The Morgan fingerprint density at radius 3 is 2.66 bits per heavy atom. The van der Waals surface area contributed by atoms with Crippen molar-refractivity contribution in [1.29, 1.82) is 0 Å². The molecule has 1 heterocycles. The first-order chi connectivity index (χ1) is 13.8. The Hall–Kier alpha value is -2.99. The molecule has 0 saturated carbocycles. The van der Waals surface area contributed by atoms with Crippen LogP contribution in [0.4, 0.5) is 5.69 Å². The second-order valence-electron chi connectivity index (χ2n) is 6.83. The monoisotopic (exact) mass is 414 g/mol. The van der Waals surface area contributed by atoms with Crippen LogP contribution in [-0.4, -0.2) is 43.5 Å². The SMILES string of the molecule is CCOc1cc(C=C2C(=O)Nc3ccc(Cl)cc32)ccc1OC(C)C(=O)N(C)C. The number of hydrogen-bond acceptors (Lipinski definition) is 4. The first kappa shape index (κ1) is 20.7. The van der Waals surface area contributed by atoms with Gasteiger partial charge in [0.1, 0.15) is 0 Å². The van der Waals surface area contributed by atoms with Crippen molar-refractivity contribution >= 4 is 40.8 Å². The Morgan fingerprint density at radius 1 is 1.21 bits per heavy atom. The lowest BCUT2D eigenvalue weighted by Gasteiger charge is -2.20. The van der Waals surface area contributed by atoms with Crippen LogP contribution < -0.4 is 14.8 Å². The number of amides is 2. The fourth-order valence-electron chi connectivity index (χ4n) is 3.05. The molecule has 2 aromatic carbocycles. The fourth-order valence-corrected chi connectivity index (χ4v) is 3.23. The molecule has 1 aliphatic heterocycles. The minimum atomic E-state index is -0.650. The molecule has 1 N–H and O–H groups in total. The van der Waals surface area contributed by atoms with E-state index in [9.17, 15) is 9.59 Å². The number of rotatable bonds is 6. The van der Waals surface area contributed by atoms with Gasteiger partial charge in [-0.05, 0) is 55.8 Å². The predicted octanol–water partition coefficient (Wildman–Crippen LogP) is 4.09. The van der Waals surface area contributed by atoms with E-state index in [0.29, 0.717) is 28.7 Å². The average Bonchev–Trinajstić information content (AvgIpc) is 2.98. The zero-order chi connectivity index (χ0) is 21.1. The molecule has 1 unspecified atom stereocenters. The molecule has 2 amide bonds. The van der Waals surface area contributed by atoms with Gasteiger partial charge in [-0.3, -0.25) is 9.59 Å². The number of fused-ring (bicyclic) bond motifs is 1. The van der Waals surface area contributed by atoms with Crippen LogP contribution in [0.2, 0.25) is 5.02 Å². The molecule has 2 aromatic rings. The quantitative estimate of drug-likeness (QED) is 0.723. The standard InChI is InChI=1S/C22H23ClN2O4/c1-5-28-20-11-14(6-9-19(20)29-13(2)22(27)25(3)4)10-17-16-12-15(23)7-8-18(16)24-21(17)26/h6-13H,5H2,1-4H3,(H,24,26). The van der Waals surface area contributed by atoms with Crippen molar-refractivity contribution in [3.63, 3.8) is 0 Å². The molecule has 0 aliphatic carbocycles. The summed E-state index contributed by atoms with van der Waals surface area (Å²) in [6.45, 7) is 3.99. The number of nitrogens with one attached hydrogen (secondary N) is 1. The molecular weight excluding hydrogens is 392 g/mol. The molecule has 0 fully saturated rings. The Bertz CT molecular complexity index is 985. The van der Waals surface area contributed by atoms with Crippen LogP contribution >= 0.6 is 11.6 Å². The van der Waals surface area contributed by atoms with Gasteiger partial charge in [0.25, 0.3) is 11.8 Å². The van der Waals surface area contributed by atoms with E-state index >= 15 is 0 Å². The van der Waals surface area contributed by atoms with Crippen LogP contribution in [0.5, 0.6) is 11.5 Å². The van der Waals surface area contributed by atoms with Crippen molar-refractivity contribution in [2.24, 2.45) is 0 Å².